The molecule has 3 unspecified atom stereocenters. The average Bonchev–Trinajstić information content (AvgIpc) is 2.30. The lowest BCUT2D eigenvalue weighted by atomic mass is 9.92. The lowest BCUT2D eigenvalue weighted by Gasteiger charge is -2.32. The van der Waals surface area contributed by atoms with Crippen molar-refractivity contribution in [2.45, 2.75) is 50.6 Å². The van der Waals surface area contributed by atoms with E-state index in [1.807, 2.05) is 0 Å². The van der Waals surface area contributed by atoms with Crippen molar-refractivity contribution in [3.05, 3.63) is 12.2 Å². The predicted octanol–water partition coefficient (Wildman–Crippen LogP) is 3.27. The predicted molar refractivity (Wildman–Crippen MR) is 63.0 cm³/mol. The van der Waals surface area contributed by atoms with Gasteiger partial charge in [0.05, 0.1) is 0 Å². The number of rotatable bonds is 2. The molecule has 14 heavy (non-hydrogen) atoms. The second-order valence-electron chi connectivity index (χ2n) is 4.81. The molecule has 1 aliphatic heterocycles. The number of hydrogen-bond acceptors (Lipinski definition) is 1. The molecule has 0 saturated carbocycles. The maximum absolute atomic E-state index is 6.01. The minimum Gasteiger partial charge on any atom is -0.420 e. The Kier molecular flexibility index (Phi) is 3.82. The molecule has 3 atom stereocenters. The Morgan fingerprint density at radius 3 is 2.93 bits per heavy atom. The molecule has 0 radical (unpaired) electrons. The summed E-state index contributed by atoms with van der Waals surface area (Å²) < 4.78 is 6.01. The summed E-state index contributed by atoms with van der Waals surface area (Å²) in [4.78, 5) is 0. The molecule has 0 bridgehead atoms. The Morgan fingerprint density at radius 1 is 1.36 bits per heavy atom. The van der Waals surface area contributed by atoms with E-state index in [4.69, 9.17) is 4.43 Å². The monoisotopic (exact) mass is 210 g/mol. The third-order valence-corrected chi connectivity index (χ3v) is 7.21. The summed E-state index contributed by atoms with van der Waals surface area (Å²) in [6.07, 6.45) is 11.5. The van der Waals surface area contributed by atoms with Crippen molar-refractivity contribution in [3.63, 3.8) is 0 Å². The van der Waals surface area contributed by atoms with Crippen LogP contribution in [0.4, 0.5) is 0 Å². The highest BCUT2D eigenvalue weighted by molar-refractivity contribution is 6.53. The highest BCUT2D eigenvalue weighted by Crippen LogP contribution is 2.35. The van der Waals surface area contributed by atoms with Gasteiger partial charge in [0, 0.05) is 6.61 Å². The molecule has 0 aromatic carbocycles. The third kappa shape index (κ3) is 2.48. The van der Waals surface area contributed by atoms with E-state index in [9.17, 15) is 0 Å². The van der Waals surface area contributed by atoms with E-state index < -0.39 is 9.04 Å². The average molecular weight is 210 g/mol. The topological polar surface area (TPSA) is 9.23 Å². The lowest BCUT2D eigenvalue weighted by Crippen LogP contribution is -2.31. The first kappa shape index (κ1) is 10.4. The molecule has 1 aliphatic carbocycles. The van der Waals surface area contributed by atoms with E-state index in [1.165, 1.54) is 38.1 Å². The molecule has 0 aromatic heterocycles. The molecule has 1 heterocycles. The summed E-state index contributed by atoms with van der Waals surface area (Å²) in [6, 6.07) is 1.43. The van der Waals surface area contributed by atoms with Crippen molar-refractivity contribution < 1.29 is 4.43 Å². The summed E-state index contributed by atoms with van der Waals surface area (Å²) in [5, 5.41) is 0. The molecule has 0 aromatic rings. The van der Waals surface area contributed by atoms with Gasteiger partial charge in [-0.1, -0.05) is 25.5 Å². The van der Waals surface area contributed by atoms with Crippen LogP contribution in [-0.4, -0.2) is 15.6 Å². The van der Waals surface area contributed by atoms with E-state index in [-0.39, 0.29) is 0 Å². The fourth-order valence-electron chi connectivity index (χ4n) is 2.78. The summed E-state index contributed by atoms with van der Waals surface area (Å²) in [6.45, 7) is 3.51. The van der Waals surface area contributed by atoms with Crippen LogP contribution in [0.1, 0.15) is 39.0 Å². The molecule has 1 nitrogen and oxygen atoms in total. The normalized spacial score (nSPS) is 35.5. The molecule has 0 spiro atoms. The summed E-state index contributed by atoms with van der Waals surface area (Å²) >= 11 is 0. The van der Waals surface area contributed by atoms with Crippen LogP contribution >= 0.6 is 0 Å². The largest absolute Gasteiger partial charge is 0.420 e. The highest BCUT2D eigenvalue weighted by Gasteiger charge is 2.29. The maximum atomic E-state index is 6.01. The molecule has 0 amide bonds. The Labute approximate surface area is 89.3 Å². The SMILES string of the molecule is CC(C1CC=CCC1)[SiH]1CCCCO1. The zero-order chi connectivity index (χ0) is 9.80. The molecule has 2 heteroatoms. The fraction of sp³-hybridized carbons (Fsp3) is 0.833. The van der Waals surface area contributed by atoms with Crippen LogP contribution in [0.25, 0.3) is 0 Å². The first-order chi connectivity index (χ1) is 6.88. The first-order valence-corrected chi connectivity index (χ1v) is 8.10. The van der Waals surface area contributed by atoms with Gasteiger partial charge >= 0.3 is 0 Å². The fourth-order valence-corrected chi connectivity index (χ4v) is 5.89. The third-order valence-electron chi connectivity index (χ3n) is 3.85. The van der Waals surface area contributed by atoms with Gasteiger partial charge < -0.3 is 4.43 Å². The minimum absolute atomic E-state index is 0.827. The quantitative estimate of drug-likeness (QED) is 0.502. The highest BCUT2D eigenvalue weighted by atomic mass is 28.3. The molecule has 2 aliphatic rings. The van der Waals surface area contributed by atoms with Gasteiger partial charge in [0.25, 0.3) is 0 Å². The van der Waals surface area contributed by atoms with E-state index in [0.29, 0.717) is 0 Å². The zero-order valence-corrected chi connectivity index (χ0v) is 10.4. The van der Waals surface area contributed by atoms with Gasteiger partial charge in [-0.2, -0.15) is 0 Å². The van der Waals surface area contributed by atoms with Gasteiger partial charge in [-0.05, 0) is 43.2 Å². The van der Waals surface area contributed by atoms with Gasteiger partial charge in [0.1, 0.15) is 0 Å². The van der Waals surface area contributed by atoms with Gasteiger partial charge in [0.15, 0.2) is 9.04 Å². The second-order valence-corrected chi connectivity index (χ2v) is 7.85. The van der Waals surface area contributed by atoms with Gasteiger partial charge in [-0.25, -0.2) is 0 Å². The van der Waals surface area contributed by atoms with Crippen LogP contribution in [-0.2, 0) is 4.43 Å². The van der Waals surface area contributed by atoms with Crippen LogP contribution in [0.15, 0.2) is 12.2 Å². The van der Waals surface area contributed by atoms with E-state index in [2.05, 4.69) is 19.1 Å². The van der Waals surface area contributed by atoms with Crippen LogP contribution in [0.2, 0.25) is 11.6 Å². The van der Waals surface area contributed by atoms with E-state index >= 15 is 0 Å². The minimum atomic E-state index is -0.827. The molecule has 2 rings (SSSR count). The van der Waals surface area contributed by atoms with Gasteiger partial charge in [-0.15, -0.1) is 0 Å². The molecule has 1 saturated heterocycles. The molecule has 1 fully saturated rings. The van der Waals surface area contributed by atoms with E-state index in [0.717, 1.165) is 18.1 Å². The van der Waals surface area contributed by atoms with Crippen molar-refractivity contribution in [2.75, 3.05) is 6.61 Å². The summed E-state index contributed by atoms with van der Waals surface area (Å²) in [5.74, 6) is 0.940. The van der Waals surface area contributed by atoms with Crippen molar-refractivity contribution in [1.82, 2.24) is 0 Å². The maximum Gasteiger partial charge on any atom is 0.179 e. The van der Waals surface area contributed by atoms with Crippen molar-refractivity contribution >= 4 is 9.04 Å². The Hall–Kier alpha value is -0.0831. The van der Waals surface area contributed by atoms with Crippen molar-refractivity contribution in [1.29, 1.82) is 0 Å². The number of allylic oxidation sites excluding steroid dienone is 2. The lowest BCUT2D eigenvalue weighted by molar-refractivity contribution is 0.268. The summed E-state index contributed by atoms with van der Waals surface area (Å²) in [7, 11) is -0.827. The van der Waals surface area contributed by atoms with Gasteiger partial charge in [-0.3, -0.25) is 0 Å². The number of hydrogen-bond donors (Lipinski definition) is 0. The van der Waals surface area contributed by atoms with Crippen LogP contribution in [0.5, 0.6) is 0 Å². The zero-order valence-electron chi connectivity index (χ0n) is 9.24. The van der Waals surface area contributed by atoms with Crippen molar-refractivity contribution in [2.24, 2.45) is 5.92 Å². The van der Waals surface area contributed by atoms with Crippen molar-refractivity contribution in [3.8, 4) is 0 Å². The van der Waals surface area contributed by atoms with Gasteiger partial charge in [0.2, 0.25) is 0 Å². The second kappa shape index (κ2) is 5.13. The Balaban J connectivity index is 1.86. The molecular formula is C12H22OSi. The van der Waals surface area contributed by atoms with Crippen LogP contribution in [0.3, 0.4) is 0 Å². The molecule has 0 N–H and O–H groups in total. The Morgan fingerprint density at radius 2 is 2.29 bits per heavy atom. The molecular weight excluding hydrogens is 188 g/mol. The smallest absolute Gasteiger partial charge is 0.179 e. The Bertz CT molecular complexity index is 196. The van der Waals surface area contributed by atoms with Crippen LogP contribution in [0, 0.1) is 5.92 Å². The van der Waals surface area contributed by atoms with E-state index in [1.54, 1.807) is 0 Å². The van der Waals surface area contributed by atoms with Crippen LogP contribution < -0.4 is 0 Å². The first-order valence-electron chi connectivity index (χ1n) is 6.14. The summed E-state index contributed by atoms with van der Waals surface area (Å²) in [5.41, 5.74) is 0.903. The molecule has 80 valence electrons. The standard InChI is InChI=1S/C12H22OSi/c1-11(12-7-3-2-4-8-12)14-10-6-5-9-13-14/h2-3,11-12,14H,4-10H2,1H3.